The fraction of sp³-hybridized carbons (Fsp3) is 0.769. The van der Waals surface area contributed by atoms with Crippen LogP contribution < -0.4 is 15.8 Å². The van der Waals surface area contributed by atoms with Crippen molar-refractivity contribution >= 4 is 22.4 Å². The maximum Gasteiger partial charge on any atom is 0.197 e. The number of nitrogen functional groups attached to an aromatic ring is 1. The second-order valence-corrected chi connectivity index (χ2v) is 6.66. The van der Waals surface area contributed by atoms with Crippen LogP contribution in [-0.2, 0) is 0 Å². The number of ether oxygens (including phenoxy) is 1. The van der Waals surface area contributed by atoms with Crippen molar-refractivity contribution in [2.45, 2.75) is 45.6 Å². The highest BCUT2D eigenvalue weighted by molar-refractivity contribution is 7.11. The first-order valence-electron chi connectivity index (χ1n) is 6.76. The van der Waals surface area contributed by atoms with Crippen molar-refractivity contribution in [3.05, 3.63) is 0 Å². The molecule has 0 unspecified atom stereocenters. The molecule has 1 aromatic rings. The molecule has 18 heavy (non-hydrogen) atoms. The zero-order chi connectivity index (χ0) is 12.8. The third-order valence-corrected chi connectivity index (χ3v) is 4.76. The maximum absolute atomic E-state index is 5.85. The van der Waals surface area contributed by atoms with Crippen LogP contribution in [0.15, 0.2) is 0 Å². The molecule has 4 nitrogen and oxygen atoms in total. The highest BCUT2D eigenvalue weighted by atomic mass is 32.1. The van der Waals surface area contributed by atoms with Crippen molar-refractivity contribution in [1.82, 2.24) is 4.37 Å². The van der Waals surface area contributed by atoms with Crippen LogP contribution in [0.2, 0.25) is 0 Å². The first kappa shape index (κ1) is 12.1. The Balaban J connectivity index is 1.65. The monoisotopic (exact) mass is 267 g/mol. The van der Waals surface area contributed by atoms with Gasteiger partial charge in [-0.05, 0) is 62.4 Å². The minimum Gasteiger partial charge on any atom is -0.484 e. The summed E-state index contributed by atoms with van der Waals surface area (Å²) in [6.45, 7) is 5.06. The van der Waals surface area contributed by atoms with E-state index in [1.54, 1.807) is 0 Å². The van der Waals surface area contributed by atoms with Gasteiger partial charge in [0.2, 0.25) is 0 Å². The van der Waals surface area contributed by atoms with Crippen LogP contribution in [0, 0.1) is 11.3 Å². The quantitative estimate of drug-likeness (QED) is 0.831. The van der Waals surface area contributed by atoms with Crippen LogP contribution in [0.1, 0.15) is 39.5 Å². The molecule has 0 spiro atoms. The van der Waals surface area contributed by atoms with Crippen molar-refractivity contribution in [3.8, 4) is 5.75 Å². The van der Waals surface area contributed by atoms with Gasteiger partial charge in [0.05, 0.1) is 6.10 Å². The van der Waals surface area contributed by atoms with Gasteiger partial charge in [0.1, 0.15) is 0 Å². The Bertz CT molecular complexity index is 435. The van der Waals surface area contributed by atoms with E-state index < -0.39 is 0 Å². The van der Waals surface area contributed by atoms with E-state index in [0.717, 1.165) is 23.2 Å². The van der Waals surface area contributed by atoms with Crippen LogP contribution in [0.3, 0.4) is 0 Å². The van der Waals surface area contributed by atoms with Gasteiger partial charge in [-0.25, -0.2) is 0 Å². The molecule has 1 aromatic heterocycles. The van der Waals surface area contributed by atoms with Crippen molar-refractivity contribution in [1.29, 1.82) is 0 Å². The van der Waals surface area contributed by atoms with Crippen molar-refractivity contribution in [2.75, 3.05) is 17.6 Å². The summed E-state index contributed by atoms with van der Waals surface area (Å²) >= 11 is 1.41. The predicted molar refractivity (Wildman–Crippen MR) is 75.2 cm³/mol. The highest BCUT2D eigenvalue weighted by Gasteiger charge is 2.53. The Hall–Kier alpha value is -0.970. The minimum absolute atomic E-state index is 0.127. The predicted octanol–water partition coefficient (Wildman–Crippen LogP) is 3.11. The van der Waals surface area contributed by atoms with Crippen LogP contribution in [0.5, 0.6) is 5.75 Å². The summed E-state index contributed by atoms with van der Waals surface area (Å²) in [7, 11) is 0. The molecule has 3 rings (SSSR count). The van der Waals surface area contributed by atoms with Crippen molar-refractivity contribution < 1.29 is 4.74 Å². The fourth-order valence-electron chi connectivity index (χ4n) is 2.60. The number of anilines is 2. The molecule has 3 N–H and O–H groups in total. The Labute approximate surface area is 112 Å². The van der Waals surface area contributed by atoms with E-state index in [4.69, 9.17) is 10.5 Å². The molecule has 2 fully saturated rings. The molecule has 0 bridgehead atoms. The molecule has 0 atom stereocenters. The molecule has 5 heteroatoms. The molecular weight excluding hydrogens is 246 g/mol. The molecule has 2 aliphatic carbocycles. The lowest BCUT2D eigenvalue weighted by atomic mass is 10.0. The first-order valence-corrected chi connectivity index (χ1v) is 7.54. The van der Waals surface area contributed by atoms with Crippen LogP contribution >= 0.6 is 11.5 Å². The Morgan fingerprint density at radius 1 is 1.50 bits per heavy atom. The molecular formula is C13H21N3OS. The molecule has 0 amide bonds. The van der Waals surface area contributed by atoms with Crippen LogP contribution in [-0.4, -0.2) is 17.0 Å². The van der Waals surface area contributed by atoms with E-state index in [0.29, 0.717) is 11.2 Å². The summed E-state index contributed by atoms with van der Waals surface area (Å²) in [5, 5.41) is 4.51. The normalized spacial score (nSPS) is 21.1. The number of rotatable bonds is 6. The zero-order valence-corrected chi connectivity index (χ0v) is 11.8. The Morgan fingerprint density at radius 2 is 2.22 bits per heavy atom. The van der Waals surface area contributed by atoms with Gasteiger partial charge >= 0.3 is 0 Å². The first-order chi connectivity index (χ1) is 8.61. The third-order valence-electron chi connectivity index (χ3n) is 3.96. The molecule has 100 valence electrons. The second-order valence-electron chi connectivity index (χ2n) is 5.88. The van der Waals surface area contributed by atoms with E-state index in [2.05, 4.69) is 9.69 Å². The maximum atomic E-state index is 5.85. The fourth-order valence-corrected chi connectivity index (χ4v) is 3.24. The lowest BCUT2D eigenvalue weighted by Crippen LogP contribution is -2.17. The summed E-state index contributed by atoms with van der Waals surface area (Å²) < 4.78 is 9.92. The van der Waals surface area contributed by atoms with Gasteiger partial charge in [0.15, 0.2) is 16.6 Å². The van der Waals surface area contributed by atoms with E-state index in [1.807, 2.05) is 13.8 Å². The van der Waals surface area contributed by atoms with Gasteiger partial charge in [0, 0.05) is 6.54 Å². The number of hydrogen-bond acceptors (Lipinski definition) is 5. The number of nitrogens with one attached hydrogen (secondary N) is 1. The van der Waals surface area contributed by atoms with Crippen molar-refractivity contribution in [2.24, 2.45) is 11.3 Å². The van der Waals surface area contributed by atoms with Crippen molar-refractivity contribution in [3.63, 3.8) is 0 Å². The topological polar surface area (TPSA) is 60.2 Å². The Kier molecular flexibility index (Phi) is 2.88. The van der Waals surface area contributed by atoms with Gasteiger partial charge in [-0.15, -0.1) is 0 Å². The lowest BCUT2D eigenvalue weighted by molar-refractivity contribution is 0.245. The summed E-state index contributed by atoms with van der Waals surface area (Å²) in [6.07, 6.45) is 5.71. The van der Waals surface area contributed by atoms with Crippen LogP contribution in [0.4, 0.5) is 10.8 Å². The highest BCUT2D eigenvalue weighted by Crippen LogP contribution is 2.61. The number of nitrogens with zero attached hydrogens (tertiary/aromatic N) is 1. The van der Waals surface area contributed by atoms with E-state index in [-0.39, 0.29) is 6.10 Å². The summed E-state index contributed by atoms with van der Waals surface area (Å²) in [5.74, 6) is 2.21. The minimum atomic E-state index is 0.127. The molecule has 2 saturated carbocycles. The van der Waals surface area contributed by atoms with Gasteiger partial charge in [-0.3, -0.25) is 0 Å². The summed E-state index contributed by atoms with van der Waals surface area (Å²) in [6, 6.07) is 0. The standard InChI is InChI=1S/C13H21N3OS/c1-8(2)17-10-11(14)16-18-12(10)15-7-13(5-6-13)9-3-4-9/h8-9,15H,3-7H2,1-2H3,(H2,14,16). The van der Waals surface area contributed by atoms with E-state index in [1.165, 1.54) is 37.2 Å². The lowest BCUT2D eigenvalue weighted by Gasteiger charge is -2.16. The number of aromatic nitrogens is 1. The SMILES string of the molecule is CC(C)Oc1c(N)nsc1NCC1(C2CC2)CC1. The van der Waals surface area contributed by atoms with Gasteiger partial charge in [-0.2, -0.15) is 4.37 Å². The smallest absolute Gasteiger partial charge is 0.197 e. The second kappa shape index (κ2) is 4.30. The van der Waals surface area contributed by atoms with Gasteiger partial charge in [0.25, 0.3) is 0 Å². The molecule has 0 aromatic carbocycles. The number of nitrogens with two attached hydrogens (primary N) is 1. The molecule has 2 aliphatic rings. The van der Waals surface area contributed by atoms with Gasteiger partial charge < -0.3 is 15.8 Å². The molecule has 0 saturated heterocycles. The summed E-state index contributed by atoms with van der Waals surface area (Å²) in [5.41, 5.74) is 6.43. The molecule has 1 heterocycles. The summed E-state index contributed by atoms with van der Waals surface area (Å²) in [4.78, 5) is 0. The molecule has 0 aliphatic heterocycles. The number of hydrogen-bond donors (Lipinski definition) is 2. The average Bonchev–Trinajstić information content (AvgIpc) is 3.19. The third kappa shape index (κ3) is 2.28. The van der Waals surface area contributed by atoms with Crippen LogP contribution in [0.25, 0.3) is 0 Å². The largest absolute Gasteiger partial charge is 0.484 e. The zero-order valence-electron chi connectivity index (χ0n) is 11.0. The average molecular weight is 267 g/mol. The van der Waals surface area contributed by atoms with E-state index >= 15 is 0 Å². The van der Waals surface area contributed by atoms with E-state index in [9.17, 15) is 0 Å². The van der Waals surface area contributed by atoms with Gasteiger partial charge in [-0.1, -0.05) is 0 Å². The Morgan fingerprint density at radius 3 is 2.78 bits per heavy atom. The molecule has 0 radical (unpaired) electrons.